The molecule has 5 heterocycles. The lowest BCUT2D eigenvalue weighted by molar-refractivity contribution is 0.0231. The molecule has 29 heavy (non-hydrogen) atoms. The van der Waals surface area contributed by atoms with Crippen molar-refractivity contribution in [3.05, 3.63) is 22.8 Å². The third-order valence-electron chi connectivity index (χ3n) is 5.31. The number of nitrogens with zero attached hydrogens (tertiary/aromatic N) is 4. The summed E-state index contributed by atoms with van der Waals surface area (Å²) in [6.07, 6.45) is 3.82. The lowest BCUT2D eigenvalue weighted by Crippen LogP contribution is -2.53. The fourth-order valence-corrected chi connectivity index (χ4v) is 5.48. The maximum atomic E-state index is 12.5. The zero-order valence-corrected chi connectivity index (χ0v) is 17.3. The minimum Gasteiger partial charge on any atom is -0.611 e. The molecule has 5 rings (SSSR count). The number of rotatable bonds is 5. The minimum absolute atomic E-state index is 0.194. The Morgan fingerprint density at radius 2 is 2.17 bits per heavy atom. The SMILES string of the molecule is O=C(OC1CN(c2nc3c(c(NC4CCOCC4)n2)[S@@+]([O-])CC3)C1)c1cnsc1. The van der Waals surface area contributed by atoms with Gasteiger partial charge >= 0.3 is 5.97 Å². The number of aryl methyl sites for hydroxylation is 1. The quantitative estimate of drug-likeness (QED) is 0.547. The third-order valence-corrected chi connectivity index (χ3v) is 7.36. The van der Waals surface area contributed by atoms with Gasteiger partial charge in [-0.15, -0.1) is 0 Å². The molecule has 0 aliphatic carbocycles. The molecule has 3 aliphatic rings. The number of nitrogens with one attached hydrogen (secondary N) is 1. The molecule has 0 amide bonds. The van der Waals surface area contributed by atoms with Gasteiger partial charge in [-0.3, -0.25) is 0 Å². The van der Waals surface area contributed by atoms with Crippen LogP contribution in [0, 0.1) is 0 Å². The Kier molecular flexibility index (Phi) is 5.29. The van der Waals surface area contributed by atoms with E-state index in [-0.39, 0.29) is 18.1 Å². The van der Waals surface area contributed by atoms with Crippen LogP contribution in [-0.4, -0.2) is 69.1 Å². The molecule has 0 unspecified atom stereocenters. The molecule has 154 valence electrons. The number of hydrogen-bond donors (Lipinski definition) is 1. The van der Waals surface area contributed by atoms with E-state index >= 15 is 0 Å². The van der Waals surface area contributed by atoms with Crippen molar-refractivity contribution < 1.29 is 18.8 Å². The number of aromatic nitrogens is 3. The number of hydrogen-bond acceptors (Lipinski definition) is 10. The fraction of sp³-hybridized carbons (Fsp3) is 0.556. The number of fused-ring (bicyclic) bond motifs is 1. The van der Waals surface area contributed by atoms with Crippen LogP contribution in [0.4, 0.5) is 11.8 Å². The summed E-state index contributed by atoms with van der Waals surface area (Å²) in [7, 11) is 0. The molecular weight excluding hydrogens is 414 g/mol. The first kappa shape index (κ1) is 19.0. The molecule has 1 atom stereocenters. The first-order valence-corrected chi connectivity index (χ1v) is 11.8. The highest BCUT2D eigenvalue weighted by molar-refractivity contribution is 7.91. The van der Waals surface area contributed by atoms with Crippen LogP contribution < -0.4 is 10.2 Å². The summed E-state index contributed by atoms with van der Waals surface area (Å²) in [6.45, 7) is 2.53. The summed E-state index contributed by atoms with van der Waals surface area (Å²) in [4.78, 5) is 24.1. The summed E-state index contributed by atoms with van der Waals surface area (Å²) in [5.41, 5.74) is 1.33. The van der Waals surface area contributed by atoms with Crippen molar-refractivity contribution in [2.45, 2.75) is 36.3 Å². The highest BCUT2D eigenvalue weighted by Gasteiger charge is 2.37. The maximum absolute atomic E-state index is 12.5. The molecule has 0 bridgehead atoms. The second kappa shape index (κ2) is 8.05. The zero-order chi connectivity index (χ0) is 19.8. The Morgan fingerprint density at radius 1 is 1.34 bits per heavy atom. The number of esters is 1. The Bertz CT molecular complexity index is 885. The van der Waals surface area contributed by atoms with E-state index in [1.807, 2.05) is 4.90 Å². The lowest BCUT2D eigenvalue weighted by Gasteiger charge is -2.38. The van der Waals surface area contributed by atoms with E-state index in [0.717, 1.165) is 36.6 Å². The van der Waals surface area contributed by atoms with E-state index in [0.29, 0.717) is 42.6 Å². The maximum Gasteiger partial charge on any atom is 0.341 e. The molecule has 0 saturated carbocycles. The zero-order valence-electron chi connectivity index (χ0n) is 15.7. The molecule has 0 spiro atoms. The van der Waals surface area contributed by atoms with Crippen molar-refractivity contribution >= 4 is 40.4 Å². The van der Waals surface area contributed by atoms with Crippen LogP contribution in [0.3, 0.4) is 0 Å². The van der Waals surface area contributed by atoms with E-state index in [9.17, 15) is 9.35 Å². The standard InChI is InChI=1S/C18H21N5O4S2/c24-17(11-7-19-28-10-11)27-13-8-23(9-13)18-21-14-3-6-29(25)15(14)16(22-18)20-12-1-4-26-5-2-12/h7,10,12-13H,1-6,8-9H2,(H,20,21,22)/t29-/m0/s1. The van der Waals surface area contributed by atoms with Crippen LogP contribution >= 0.6 is 11.5 Å². The lowest BCUT2D eigenvalue weighted by atomic mass is 10.1. The number of carbonyl (C=O) groups excluding carboxylic acids is 1. The van der Waals surface area contributed by atoms with Crippen molar-refractivity contribution in [3.8, 4) is 0 Å². The van der Waals surface area contributed by atoms with Crippen molar-refractivity contribution in [2.24, 2.45) is 0 Å². The summed E-state index contributed by atoms with van der Waals surface area (Å²) in [6, 6.07) is 0.262. The number of anilines is 2. The first-order valence-electron chi connectivity index (χ1n) is 9.66. The summed E-state index contributed by atoms with van der Waals surface area (Å²) in [5, 5.41) is 5.15. The molecule has 3 aliphatic heterocycles. The molecule has 2 aromatic heterocycles. The average molecular weight is 436 g/mol. The van der Waals surface area contributed by atoms with Gasteiger partial charge in [-0.1, -0.05) is 0 Å². The highest BCUT2D eigenvalue weighted by atomic mass is 32.2. The van der Waals surface area contributed by atoms with Gasteiger partial charge in [0.15, 0.2) is 5.82 Å². The van der Waals surface area contributed by atoms with Gasteiger partial charge in [-0.05, 0) is 35.5 Å². The smallest absolute Gasteiger partial charge is 0.341 e. The highest BCUT2D eigenvalue weighted by Crippen LogP contribution is 2.34. The number of carbonyl (C=O) groups is 1. The van der Waals surface area contributed by atoms with Gasteiger partial charge in [0.25, 0.3) is 0 Å². The van der Waals surface area contributed by atoms with Gasteiger partial charge in [0.2, 0.25) is 10.8 Å². The topological polar surface area (TPSA) is 113 Å². The van der Waals surface area contributed by atoms with E-state index in [4.69, 9.17) is 14.5 Å². The predicted molar refractivity (Wildman–Crippen MR) is 108 cm³/mol. The Hall–Kier alpha value is -1.95. The Morgan fingerprint density at radius 3 is 2.93 bits per heavy atom. The summed E-state index contributed by atoms with van der Waals surface area (Å²) in [5.74, 6) is 1.51. The molecule has 9 nitrogen and oxygen atoms in total. The monoisotopic (exact) mass is 435 g/mol. The molecule has 2 aromatic rings. The summed E-state index contributed by atoms with van der Waals surface area (Å²) < 4.78 is 27.3. The normalized spacial score (nSPS) is 22.2. The van der Waals surface area contributed by atoms with Gasteiger partial charge < -0.3 is 24.2 Å². The molecule has 2 saturated heterocycles. The molecule has 0 aromatic carbocycles. The van der Waals surface area contributed by atoms with Gasteiger partial charge in [0.05, 0.1) is 24.8 Å². The van der Waals surface area contributed by atoms with Crippen LogP contribution in [0.1, 0.15) is 28.9 Å². The van der Waals surface area contributed by atoms with Crippen LogP contribution in [0.15, 0.2) is 16.5 Å². The van der Waals surface area contributed by atoms with E-state index in [2.05, 4.69) is 14.7 Å². The van der Waals surface area contributed by atoms with Gasteiger partial charge in [-0.25, -0.2) is 14.2 Å². The second-order valence-corrected chi connectivity index (χ2v) is 9.49. The molecule has 0 radical (unpaired) electrons. The average Bonchev–Trinajstić information content (AvgIpc) is 3.35. The third kappa shape index (κ3) is 3.91. The Labute approximate surface area is 175 Å². The van der Waals surface area contributed by atoms with E-state index in [1.54, 1.807) is 5.38 Å². The Balaban J connectivity index is 1.28. The van der Waals surface area contributed by atoms with Crippen LogP contribution in [-0.2, 0) is 27.1 Å². The van der Waals surface area contributed by atoms with Gasteiger partial charge in [0.1, 0.15) is 17.6 Å². The van der Waals surface area contributed by atoms with Crippen LogP contribution in [0.5, 0.6) is 0 Å². The van der Waals surface area contributed by atoms with E-state index < -0.39 is 11.2 Å². The second-order valence-electron chi connectivity index (χ2n) is 7.32. The number of ether oxygens (including phenoxy) is 2. The van der Waals surface area contributed by atoms with E-state index in [1.165, 1.54) is 17.7 Å². The van der Waals surface area contributed by atoms with Crippen molar-refractivity contribution in [2.75, 3.05) is 42.3 Å². The fourth-order valence-electron chi connectivity index (χ4n) is 3.66. The molecule has 2 fully saturated rings. The summed E-state index contributed by atoms with van der Waals surface area (Å²) >= 11 is 0.162. The minimum atomic E-state index is -1.06. The molecule has 1 N–H and O–H groups in total. The van der Waals surface area contributed by atoms with Crippen LogP contribution in [0.2, 0.25) is 0 Å². The van der Waals surface area contributed by atoms with Crippen molar-refractivity contribution in [1.29, 1.82) is 0 Å². The molecule has 11 heteroatoms. The van der Waals surface area contributed by atoms with Crippen molar-refractivity contribution in [3.63, 3.8) is 0 Å². The predicted octanol–water partition coefficient (Wildman–Crippen LogP) is 1.23. The first-order chi connectivity index (χ1) is 14.2. The van der Waals surface area contributed by atoms with Gasteiger partial charge in [0, 0.05) is 31.1 Å². The van der Waals surface area contributed by atoms with Crippen molar-refractivity contribution in [1.82, 2.24) is 14.3 Å². The molecular formula is C18H21N5O4S2. The van der Waals surface area contributed by atoms with Gasteiger partial charge in [-0.2, -0.15) is 4.98 Å². The largest absolute Gasteiger partial charge is 0.611 e. The van der Waals surface area contributed by atoms with Crippen LogP contribution in [0.25, 0.3) is 0 Å².